The van der Waals surface area contributed by atoms with Crippen LogP contribution in [0.3, 0.4) is 0 Å². The van der Waals surface area contributed by atoms with Gasteiger partial charge in [0.25, 0.3) is 0 Å². The second kappa shape index (κ2) is 11.2. The molecule has 0 spiro atoms. The number of hydrogen-bond acceptors (Lipinski definition) is 9. The van der Waals surface area contributed by atoms with Crippen LogP contribution in [-0.2, 0) is 20.7 Å². The highest BCUT2D eigenvalue weighted by Gasteiger charge is 2.18. The predicted molar refractivity (Wildman–Crippen MR) is 107 cm³/mol. The van der Waals surface area contributed by atoms with Crippen LogP contribution in [0, 0.1) is 10.1 Å². The van der Waals surface area contributed by atoms with Crippen molar-refractivity contribution in [3.05, 3.63) is 63.2 Å². The third-order valence-corrected chi connectivity index (χ3v) is 3.96. The van der Waals surface area contributed by atoms with Gasteiger partial charge in [-0.1, -0.05) is 0 Å². The number of nitrogens with zero attached hydrogens (tertiary/aromatic N) is 1. The van der Waals surface area contributed by atoms with E-state index in [9.17, 15) is 29.3 Å². The first-order valence-corrected chi connectivity index (χ1v) is 9.12. The van der Waals surface area contributed by atoms with Crippen molar-refractivity contribution < 1.29 is 38.3 Å². The molecule has 162 valence electrons. The van der Waals surface area contributed by atoms with Crippen molar-refractivity contribution >= 4 is 30.0 Å². The molecule has 2 aromatic rings. The third kappa shape index (κ3) is 6.74. The molecule has 0 unspecified atom stereocenters. The van der Waals surface area contributed by atoms with Gasteiger partial charge >= 0.3 is 11.7 Å². The maximum Gasteiger partial charge on any atom is 0.344 e. The molecule has 0 aliphatic carbocycles. The molecule has 0 aromatic heterocycles. The minimum absolute atomic E-state index is 0.0514. The van der Waals surface area contributed by atoms with Gasteiger partial charge in [0, 0.05) is 29.2 Å². The Morgan fingerprint density at radius 3 is 2.48 bits per heavy atom. The van der Waals surface area contributed by atoms with Crippen LogP contribution < -0.4 is 9.47 Å². The van der Waals surface area contributed by atoms with Crippen molar-refractivity contribution in [1.29, 1.82) is 0 Å². The molecule has 0 radical (unpaired) electrons. The number of nitro benzene ring substituents is 1. The summed E-state index contributed by atoms with van der Waals surface area (Å²) in [5.41, 5.74) is 1.17. The van der Waals surface area contributed by atoms with Gasteiger partial charge in [-0.15, -0.1) is 0 Å². The van der Waals surface area contributed by atoms with E-state index in [1.807, 2.05) is 0 Å². The maximum atomic E-state index is 11.0. The number of esters is 1. The number of rotatable bonds is 7. The van der Waals surface area contributed by atoms with Crippen LogP contribution in [-0.4, -0.2) is 49.1 Å². The summed E-state index contributed by atoms with van der Waals surface area (Å²) in [6.07, 6.45) is 1.62. The van der Waals surface area contributed by atoms with Crippen LogP contribution in [0.5, 0.6) is 11.5 Å². The Labute approximate surface area is 176 Å². The van der Waals surface area contributed by atoms with Crippen molar-refractivity contribution in [1.82, 2.24) is 0 Å². The molecule has 0 saturated carbocycles. The van der Waals surface area contributed by atoms with Gasteiger partial charge in [-0.05, 0) is 37.3 Å². The number of hydrogen-bond donors (Lipinski definition) is 0. The van der Waals surface area contributed by atoms with E-state index in [2.05, 4.69) is 4.74 Å². The fourth-order valence-corrected chi connectivity index (χ4v) is 2.59. The molecule has 10 nitrogen and oxygen atoms in total. The van der Waals surface area contributed by atoms with Crippen LogP contribution >= 0.6 is 0 Å². The van der Waals surface area contributed by atoms with Gasteiger partial charge in [0.2, 0.25) is 0 Å². The first kappa shape index (κ1) is 23.2. The Morgan fingerprint density at radius 1 is 1.16 bits per heavy atom. The van der Waals surface area contributed by atoms with Crippen molar-refractivity contribution in [3.8, 4) is 11.5 Å². The maximum absolute atomic E-state index is 11.0. The number of nitro groups is 1. The molecule has 10 heteroatoms. The SMILES string of the molecule is CCOC(=O)COc1ccc(C=O)cc1[N+](=O)[O-].O=Cc1ccc2c(c1)CC(=O)CO2. The Bertz CT molecular complexity index is 1000. The molecular weight excluding hydrogens is 410 g/mol. The minimum Gasteiger partial charge on any atom is -0.486 e. The van der Waals surface area contributed by atoms with E-state index >= 15 is 0 Å². The molecule has 0 bridgehead atoms. The van der Waals surface area contributed by atoms with E-state index < -0.39 is 17.5 Å². The van der Waals surface area contributed by atoms with Gasteiger partial charge in [-0.3, -0.25) is 24.5 Å². The average Bonchev–Trinajstić information content (AvgIpc) is 2.77. The summed E-state index contributed by atoms with van der Waals surface area (Å²) in [5.74, 6) is 0.0608. The highest BCUT2D eigenvalue weighted by Crippen LogP contribution is 2.27. The van der Waals surface area contributed by atoms with Crippen LogP contribution in [0.1, 0.15) is 33.2 Å². The molecular formula is C21H19NO9. The van der Waals surface area contributed by atoms with Crippen molar-refractivity contribution in [2.45, 2.75) is 13.3 Å². The van der Waals surface area contributed by atoms with Gasteiger partial charge < -0.3 is 14.2 Å². The fraction of sp³-hybridized carbons (Fsp3) is 0.238. The first-order chi connectivity index (χ1) is 14.9. The highest BCUT2D eigenvalue weighted by molar-refractivity contribution is 5.85. The van der Waals surface area contributed by atoms with E-state index in [0.29, 0.717) is 24.0 Å². The molecule has 0 fully saturated rings. The third-order valence-electron chi connectivity index (χ3n) is 3.96. The number of ketones is 1. The summed E-state index contributed by atoms with van der Waals surface area (Å²) in [6, 6.07) is 8.81. The lowest BCUT2D eigenvalue weighted by atomic mass is 10.0. The monoisotopic (exact) mass is 429 g/mol. The summed E-state index contributed by atoms with van der Waals surface area (Å²) in [7, 11) is 0. The summed E-state index contributed by atoms with van der Waals surface area (Å²) < 4.78 is 14.8. The smallest absolute Gasteiger partial charge is 0.344 e. The van der Waals surface area contributed by atoms with Crippen molar-refractivity contribution in [2.24, 2.45) is 0 Å². The highest BCUT2D eigenvalue weighted by atomic mass is 16.6. The fourth-order valence-electron chi connectivity index (χ4n) is 2.59. The van der Waals surface area contributed by atoms with Crippen LogP contribution in [0.25, 0.3) is 0 Å². The number of carbonyl (C=O) groups excluding carboxylic acids is 4. The minimum atomic E-state index is -0.687. The summed E-state index contributed by atoms with van der Waals surface area (Å²) in [4.78, 5) is 53.1. The molecule has 2 aromatic carbocycles. The summed E-state index contributed by atoms with van der Waals surface area (Å²) >= 11 is 0. The number of Topliss-reactive ketones (excluding diaryl/α,β-unsaturated/α-hetero) is 1. The second-order valence-electron chi connectivity index (χ2n) is 6.18. The normalized spacial score (nSPS) is 11.7. The van der Waals surface area contributed by atoms with Gasteiger partial charge in [-0.25, -0.2) is 4.79 Å². The topological polar surface area (TPSA) is 139 Å². The molecule has 3 rings (SSSR count). The summed E-state index contributed by atoms with van der Waals surface area (Å²) in [6.45, 7) is 1.57. The number of carbonyl (C=O) groups is 4. The average molecular weight is 429 g/mol. The van der Waals surface area contributed by atoms with Crippen LogP contribution in [0.4, 0.5) is 5.69 Å². The van der Waals surface area contributed by atoms with Crippen LogP contribution in [0.15, 0.2) is 36.4 Å². The number of benzene rings is 2. The molecule has 0 amide bonds. The molecule has 1 heterocycles. The molecule has 0 atom stereocenters. The van der Waals surface area contributed by atoms with Crippen molar-refractivity contribution in [2.75, 3.05) is 19.8 Å². The Morgan fingerprint density at radius 2 is 1.84 bits per heavy atom. The summed E-state index contributed by atoms with van der Waals surface area (Å²) in [5, 5.41) is 10.8. The predicted octanol–water partition coefficient (Wildman–Crippen LogP) is 2.35. The first-order valence-electron chi connectivity index (χ1n) is 9.12. The Hall–Kier alpha value is -4.08. The second-order valence-corrected chi connectivity index (χ2v) is 6.18. The number of aldehydes is 2. The van der Waals surface area contributed by atoms with E-state index in [-0.39, 0.29) is 36.0 Å². The molecule has 1 aliphatic heterocycles. The van der Waals surface area contributed by atoms with Gasteiger partial charge in [0.05, 0.1) is 11.5 Å². The Balaban J connectivity index is 0.000000231. The van der Waals surface area contributed by atoms with Crippen molar-refractivity contribution in [3.63, 3.8) is 0 Å². The standard InChI is InChI=1S/C11H11NO6.C10H8O3/c1-2-17-11(14)7-18-10-4-3-8(6-13)5-9(10)12(15)16;11-5-7-1-2-10-8(3-7)4-9(12)6-13-10/h3-6H,2,7H2,1H3;1-3,5H,4,6H2. The lowest BCUT2D eigenvalue weighted by Gasteiger charge is -2.15. The van der Waals surface area contributed by atoms with Crippen LogP contribution in [0.2, 0.25) is 0 Å². The Kier molecular flexibility index (Phi) is 8.38. The zero-order valence-corrected chi connectivity index (χ0v) is 16.6. The molecule has 1 aliphatic rings. The lowest BCUT2D eigenvalue weighted by molar-refractivity contribution is -0.385. The van der Waals surface area contributed by atoms with Gasteiger partial charge in [-0.2, -0.15) is 0 Å². The van der Waals surface area contributed by atoms with E-state index in [1.54, 1.807) is 25.1 Å². The zero-order chi connectivity index (χ0) is 22.8. The lowest BCUT2D eigenvalue weighted by Crippen LogP contribution is -2.20. The largest absolute Gasteiger partial charge is 0.486 e. The van der Waals surface area contributed by atoms with E-state index in [4.69, 9.17) is 9.47 Å². The number of ether oxygens (including phenoxy) is 3. The van der Waals surface area contributed by atoms with E-state index in [1.165, 1.54) is 12.1 Å². The number of fused-ring (bicyclic) bond motifs is 1. The molecule has 0 N–H and O–H groups in total. The quantitative estimate of drug-likeness (QED) is 0.281. The van der Waals surface area contributed by atoms with Gasteiger partial charge in [0.1, 0.15) is 24.9 Å². The molecule has 0 saturated heterocycles. The molecule has 31 heavy (non-hydrogen) atoms. The zero-order valence-electron chi connectivity index (χ0n) is 16.6. The van der Waals surface area contributed by atoms with Gasteiger partial charge in [0.15, 0.2) is 18.1 Å². The van der Waals surface area contributed by atoms with E-state index in [0.717, 1.165) is 17.9 Å².